The average molecular weight is 275 g/mol. The van der Waals surface area contributed by atoms with E-state index < -0.39 is 0 Å². The Morgan fingerprint density at radius 1 is 1.22 bits per heavy atom. The van der Waals surface area contributed by atoms with Gasteiger partial charge in [0.2, 0.25) is 0 Å². The van der Waals surface area contributed by atoms with E-state index in [4.69, 9.17) is 12.2 Å². The molecule has 92 valence electrons. The van der Waals surface area contributed by atoms with Crippen LogP contribution in [0, 0.1) is 6.92 Å². The van der Waals surface area contributed by atoms with Crippen LogP contribution in [0.2, 0.25) is 0 Å². The first kappa shape index (κ1) is 12.7. The number of anilines is 1. The van der Waals surface area contributed by atoms with Crippen molar-refractivity contribution in [3.63, 3.8) is 0 Å². The summed E-state index contributed by atoms with van der Waals surface area (Å²) in [7, 11) is 0. The highest BCUT2D eigenvalue weighted by Gasteiger charge is 1.95. The van der Waals surface area contributed by atoms with Crippen LogP contribution in [-0.4, -0.2) is 11.3 Å². The SMILES string of the molecule is Cc1ccc(C=NNC(=S)Nc2ccccc2)s1. The number of rotatable bonds is 3. The molecule has 0 saturated heterocycles. The summed E-state index contributed by atoms with van der Waals surface area (Å²) in [6, 6.07) is 13.8. The van der Waals surface area contributed by atoms with Gasteiger partial charge in [0.15, 0.2) is 5.11 Å². The van der Waals surface area contributed by atoms with Crippen LogP contribution in [0.4, 0.5) is 5.69 Å². The molecule has 1 aromatic heterocycles. The van der Waals surface area contributed by atoms with Crippen molar-refractivity contribution >= 4 is 40.6 Å². The Labute approximate surface area is 116 Å². The summed E-state index contributed by atoms with van der Waals surface area (Å²) in [4.78, 5) is 2.36. The molecule has 0 aliphatic rings. The molecule has 1 aromatic carbocycles. The summed E-state index contributed by atoms with van der Waals surface area (Å²) < 4.78 is 0. The van der Waals surface area contributed by atoms with Gasteiger partial charge in [-0.1, -0.05) is 18.2 Å². The fourth-order valence-electron chi connectivity index (χ4n) is 1.36. The van der Waals surface area contributed by atoms with E-state index in [1.165, 1.54) is 4.88 Å². The first-order valence-corrected chi connectivity index (χ1v) is 6.68. The summed E-state index contributed by atoms with van der Waals surface area (Å²) in [5, 5.41) is 7.60. The molecule has 0 saturated carbocycles. The minimum Gasteiger partial charge on any atom is -0.331 e. The van der Waals surface area contributed by atoms with Gasteiger partial charge in [0.1, 0.15) is 0 Å². The fourth-order valence-corrected chi connectivity index (χ4v) is 2.28. The summed E-state index contributed by atoms with van der Waals surface area (Å²) in [5.41, 5.74) is 3.73. The second-order valence-corrected chi connectivity index (χ2v) is 5.37. The third kappa shape index (κ3) is 3.94. The van der Waals surface area contributed by atoms with Gasteiger partial charge in [-0.2, -0.15) is 5.10 Å². The molecular weight excluding hydrogens is 262 g/mol. The van der Waals surface area contributed by atoms with Crippen molar-refractivity contribution in [1.29, 1.82) is 0 Å². The molecule has 0 spiro atoms. The van der Waals surface area contributed by atoms with E-state index in [9.17, 15) is 0 Å². The minimum atomic E-state index is 0.478. The lowest BCUT2D eigenvalue weighted by molar-refractivity contribution is 1.05. The molecule has 3 nitrogen and oxygen atoms in total. The zero-order valence-electron chi connectivity index (χ0n) is 9.88. The number of para-hydroxylation sites is 1. The molecule has 0 atom stereocenters. The lowest BCUT2D eigenvalue weighted by Gasteiger charge is -2.05. The van der Waals surface area contributed by atoms with E-state index >= 15 is 0 Å². The van der Waals surface area contributed by atoms with Crippen LogP contribution in [0.25, 0.3) is 0 Å². The highest BCUT2D eigenvalue weighted by molar-refractivity contribution is 7.80. The minimum absolute atomic E-state index is 0.478. The lowest BCUT2D eigenvalue weighted by atomic mass is 10.3. The monoisotopic (exact) mass is 275 g/mol. The molecule has 2 N–H and O–H groups in total. The molecule has 0 amide bonds. The van der Waals surface area contributed by atoms with Crippen LogP contribution < -0.4 is 10.7 Å². The standard InChI is InChI=1S/C13H13N3S2/c1-10-7-8-12(18-10)9-14-16-13(17)15-11-5-3-2-4-6-11/h2-9H,1H3,(H2,15,16,17). The Balaban J connectivity index is 1.83. The quantitative estimate of drug-likeness (QED) is 0.512. The van der Waals surface area contributed by atoms with Crippen molar-refractivity contribution in [3.05, 3.63) is 52.2 Å². The maximum Gasteiger partial charge on any atom is 0.191 e. The zero-order chi connectivity index (χ0) is 12.8. The predicted octanol–water partition coefficient (Wildman–Crippen LogP) is 3.38. The van der Waals surface area contributed by atoms with Crippen LogP contribution in [0.5, 0.6) is 0 Å². The van der Waals surface area contributed by atoms with Gasteiger partial charge in [0.05, 0.1) is 6.21 Å². The van der Waals surface area contributed by atoms with Crippen molar-refractivity contribution < 1.29 is 0 Å². The molecule has 0 radical (unpaired) electrons. The zero-order valence-corrected chi connectivity index (χ0v) is 11.5. The lowest BCUT2D eigenvalue weighted by Crippen LogP contribution is -2.23. The Morgan fingerprint density at radius 3 is 2.67 bits per heavy atom. The molecule has 0 fully saturated rings. The Bertz CT molecular complexity index is 546. The number of thiocarbonyl (C=S) groups is 1. The number of hydrogen-bond acceptors (Lipinski definition) is 3. The normalized spacial score (nSPS) is 10.5. The Morgan fingerprint density at radius 2 is 2.00 bits per heavy atom. The molecule has 0 unspecified atom stereocenters. The summed E-state index contributed by atoms with van der Waals surface area (Å²) >= 11 is 6.81. The average Bonchev–Trinajstić information content (AvgIpc) is 2.76. The number of hydrogen-bond donors (Lipinski definition) is 2. The van der Waals surface area contributed by atoms with Gasteiger partial charge in [-0.25, -0.2) is 0 Å². The maximum absolute atomic E-state index is 5.12. The van der Waals surface area contributed by atoms with Crippen molar-refractivity contribution in [2.24, 2.45) is 5.10 Å². The van der Waals surface area contributed by atoms with E-state index in [2.05, 4.69) is 28.8 Å². The first-order valence-electron chi connectivity index (χ1n) is 5.45. The second-order valence-electron chi connectivity index (χ2n) is 3.64. The molecule has 2 rings (SSSR count). The number of nitrogens with zero attached hydrogens (tertiary/aromatic N) is 1. The van der Waals surface area contributed by atoms with Crippen molar-refractivity contribution in [1.82, 2.24) is 5.43 Å². The van der Waals surface area contributed by atoms with Gasteiger partial charge in [0.25, 0.3) is 0 Å². The second kappa shape index (κ2) is 6.28. The third-order valence-corrected chi connectivity index (χ3v) is 3.28. The Kier molecular flexibility index (Phi) is 4.44. The van der Waals surface area contributed by atoms with Gasteiger partial charge in [-0.3, -0.25) is 5.43 Å². The molecule has 0 bridgehead atoms. The van der Waals surface area contributed by atoms with Crippen molar-refractivity contribution in [3.8, 4) is 0 Å². The largest absolute Gasteiger partial charge is 0.331 e. The van der Waals surface area contributed by atoms with Crippen LogP contribution in [0.3, 0.4) is 0 Å². The molecular formula is C13H13N3S2. The number of benzene rings is 1. The van der Waals surface area contributed by atoms with Gasteiger partial charge >= 0.3 is 0 Å². The molecule has 0 aliphatic carbocycles. The number of hydrazone groups is 1. The van der Waals surface area contributed by atoms with Gasteiger partial charge in [-0.15, -0.1) is 11.3 Å². The number of nitrogens with one attached hydrogen (secondary N) is 2. The smallest absolute Gasteiger partial charge is 0.191 e. The predicted molar refractivity (Wildman–Crippen MR) is 82.4 cm³/mol. The van der Waals surface area contributed by atoms with E-state index in [-0.39, 0.29) is 0 Å². The van der Waals surface area contributed by atoms with Gasteiger partial charge in [0, 0.05) is 15.4 Å². The van der Waals surface area contributed by atoms with Crippen LogP contribution in [0.15, 0.2) is 47.6 Å². The Hall–Kier alpha value is -1.72. The summed E-state index contributed by atoms with van der Waals surface area (Å²) in [5.74, 6) is 0. The summed E-state index contributed by atoms with van der Waals surface area (Å²) in [6.45, 7) is 2.07. The number of thiophene rings is 1. The van der Waals surface area contributed by atoms with Crippen molar-refractivity contribution in [2.75, 3.05) is 5.32 Å². The van der Waals surface area contributed by atoms with E-state index in [0.717, 1.165) is 10.6 Å². The molecule has 1 heterocycles. The van der Waals surface area contributed by atoms with E-state index in [1.807, 2.05) is 36.4 Å². The van der Waals surface area contributed by atoms with E-state index in [1.54, 1.807) is 17.6 Å². The van der Waals surface area contributed by atoms with Crippen LogP contribution >= 0.6 is 23.6 Å². The maximum atomic E-state index is 5.12. The topological polar surface area (TPSA) is 36.4 Å². The fraction of sp³-hybridized carbons (Fsp3) is 0.0769. The highest BCUT2D eigenvalue weighted by atomic mass is 32.1. The molecule has 2 aromatic rings. The van der Waals surface area contributed by atoms with Gasteiger partial charge in [-0.05, 0) is 43.4 Å². The van der Waals surface area contributed by atoms with Crippen LogP contribution in [-0.2, 0) is 0 Å². The number of aryl methyl sites for hydroxylation is 1. The molecule has 5 heteroatoms. The third-order valence-electron chi connectivity index (χ3n) is 2.15. The molecule has 18 heavy (non-hydrogen) atoms. The molecule has 0 aliphatic heterocycles. The van der Waals surface area contributed by atoms with Crippen molar-refractivity contribution in [2.45, 2.75) is 6.92 Å². The van der Waals surface area contributed by atoms with E-state index in [0.29, 0.717) is 5.11 Å². The van der Waals surface area contributed by atoms with Gasteiger partial charge < -0.3 is 5.32 Å². The highest BCUT2D eigenvalue weighted by Crippen LogP contribution is 2.12. The first-order chi connectivity index (χ1) is 8.74. The van der Waals surface area contributed by atoms with Crippen LogP contribution in [0.1, 0.15) is 9.75 Å². The summed E-state index contributed by atoms with van der Waals surface area (Å²) in [6.07, 6.45) is 1.76.